The lowest BCUT2D eigenvalue weighted by Gasteiger charge is -2.07. The lowest BCUT2D eigenvalue weighted by atomic mass is 10.1. The topological polar surface area (TPSA) is 78.4 Å². The third-order valence-corrected chi connectivity index (χ3v) is 2.49. The smallest absolute Gasteiger partial charge is 0.314 e. The number of nitrogens with one attached hydrogen (secondary N) is 2. The van der Waals surface area contributed by atoms with Gasteiger partial charge in [0.2, 0.25) is 0 Å². The highest BCUT2D eigenvalue weighted by Crippen LogP contribution is 2.05. The maximum Gasteiger partial charge on any atom is 0.314 e. The Labute approximate surface area is 110 Å². The van der Waals surface area contributed by atoms with E-state index in [4.69, 9.17) is 5.11 Å². The molecule has 0 radical (unpaired) electrons. The summed E-state index contributed by atoms with van der Waals surface area (Å²) in [4.78, 5) is 21.5. The number of carbonyl (C=O) groups excluding carboxylic acids is 1. The van der Waals surface area contributed by atoms with Crippen LogP contribution in [0.2, 0.25) is 0 Å². The first-order chi connectivity index (χ1) is 9.09. The first-order valence-electron chi connectivity index (χ1n) is 6.06. The Morgan fingerprint density at radius 2 is 1.84 bits per heavy atom. The average molecular weight is 268 g/mol. The van der Waals surface area contributed by atoms with E-state index in [0.717, 1.165) is 0 Å². The highest BCUT2D eigenvalue weighted by molar-refractivity contribution is 5.73. The Morgan fingerprint density at radius 3 is 2.53 bits per heavy atom. The van der Waals surface area contributed by atoms with Crippen LogP contribution in [-0.4, -0.2) is 30.2 Å². The molecule has 0 saturated heterocycles. The molecule has 1 aromatic rings. The van der Waals surface area contributed by atoms with Crippen LogP contribution in [0.5, 0.6) is 0 Å². The molecule has 0 aliphatic heterocycles. The minimum absolute atomic E-state index is 0.0233. The molecule has 5 nitrogen and oxygen atoms in total. The van der Waals surface area contributed by atoms with Gasteiger partial charge in [-0.3, -0.25) is 4.79 Å². The maximum absolute atomic E-state index is 13.3. The Bertz CT molecular complexity index is 438. The fourth-order valence-electron chi connectivity index (χ4n) is 1.52. The van der Waals surface area contributed by atoms with Crippen molar-refractivity contribution in [1.82, 2.24) is 10.6 Å². The van der Waals surface area contributed by atoms with Crippen LogP contribution >= 0.6 is 0 Å². The minimum Gasteiger partial charge on any atom is -0.481 e. The van der Waals surface area contributed by atoms with E-state index in [-0.39, 0.29) is 18.3 Å². The molecule has 0 bridgehead atoms. The molecule has 1 aromatic carbocycles. The van der Waals surface area contributed by atoms with Gasteiger partial charge in [-0.05, 0) is 24.5 Å². The molecule has 0 unspecified atom stereocenters. The zero-order valence-electron chi connectivity index (χ0n) is 10.5. The highest BCUT2D eigenvalue weighted by atomic mass is 19.1. The van der Waals surface area contributed by atoms with Crippen molar-refractivity contribution in [2.24, 2.45) is 0 Å². The summed E-state index contributed by atoms with van der Waals surface area (Å²) >= 11 is 0. The van der Waals surface area contributed by atoms with E-state index in [9.17, 15) is 14.0 Å². The number of urea groups is 1. The Morgan fingerprint density at radius 1 is 1.16 bits per heavy atom. The molecular weight excluding hydrogens is 251 g/mol. The number of halogens is 1. The van der Waals surface area contributed by atoms with Crippen LogP contribution in [0, 0.1) is 5.82 Å². The highest BCUT2D eigenvalue weighted by Gasteiger charge is 2.03. The number of amides is 2. The van der Waals surface area contributed by atoms with Crippen molar-refractivity contribution in [3.63, 3.8) is 0 Å². The molecule has 0 spiro atoms. The summed E-state index contributed by atoms with van der Waals surface area (Å²) in [5.74, 6) is -1.17. The molecule has 0 aliphatic carbocycles. The van der Waals surface area contributed by atoms with Gasteiger partial charge in [0.05, 0.1) is 0 Å². The second-order valence-corrected chi connectivity index (χ2v) is 4.02. The van der Waals surface area contributed by atoms with Crippen molar-refractivity contribution in [2.45, 2.75) is 19.3 Å². The van der Waals surface area contributed by atoms with E-state index < -0.39 is 5.97 Å². The van der Waals surface area contributed by atoms with Crippen LogP contribution in [-0.2, 0) is 11.2 Å². The van der Waals surface area contributed by atoms with Crippen molar-refractivity contribution in [1.29, 1.82) is 0 Å². The van der Waals surface area contributed by atoms with Gasteiger partial charge in [0.25, 0.3) is 0 Å². The van der Waals surface area contributed by atoms with Crippen LogP contribution in [0.15, 0.2) is 24.3 Å². The quantitative estimate of drug-likeness (QED) is 0.656. The van der Waals surface area contributed by atoms with Gasteiger partial charge < -0.3 is 15.7 Å². The molecule has 1 rings (SSSR count). The fraction of sp³-hybridized carbons (Fsp3) is 0.385. The summed E-state index contributed by atoms with van der Waals surface area (Å²) in [5, 5.41) is 13.5. The number of hydrogen-bond acceptors (Lipinski definition) is 2. The molecular formula is C13H17FN2O3. The Balaban J connectivity index is 2.14. The normalized spacial score (nSPS) is 9.95. The van der Waals surface area contributed by atoms with Crippen LogP contribution in [0.3, 0.4) is 0 Å². The largest absolute Gasteiger partial charge is 0.481 e. The number of carboxylic acids is 1. The molecule has 0 aliphatic rings. The van der Waals surface area contributed by atoms with Gasteiger partial charge >= 0.3 is 12.0 Å². The van der Waals surface area contributed by atoms with Crippen molar-refractivity contribution < 1.29 is 19.1 Å². The van der Waals surface area contributed by atoms with Crippen molar-refractivity contribution in [2.75, 3.05) is 13.1 Å². The molecule has 104 valence electrons. The summed E-state index contributed by atoms with van der Waals surface area (Å²) in [5.41, 5.74) is 0.550. The summed E-state index contributed by atoms with van der Waals surface area (Å²) in [7, 11) is 0. The molecule has 0 saturated carbocycles. The molecule has 0 atom stereocenters. The van der Waals surface area contributed by atoms with Crippen molar-refractivity contribution >= 4 is 12.0 Å². The lowest BCUT2D eigenvalue weighted by molar-refractivity contribution is -0.137. The second-order valence-electron chi connectivity index (χ2n) is 4.02. The van der Waals surface area contributed by atoms with Gasteiger partial charge in [0.15, 0.2) is 0 Å². The lowest BCUT2D eigenvalue weighted by Crippen LogP contribution is -2.37. The summed E-state index contributed by atoms with van der Waals surface area (Å²) in [6.45, 7) is 0.629. The molecule has 0 heterocycles. The van der Waals surface area contributed by atoms with Crippen LogP contribution in [0.1, 0.15) is 18.4 Å². The Kier molecular flexibility index (Phi) is 6.35. The summed E-state index contributed by atoms with van der Waals surface area (Å²) in [6.07, 6.45) is 0.820. The fourth-order valence-corrected chi connectivity index (χ4v) is 1.52. The van der Waals surface area contributed by atoms with Crippen LogP contribution in [0.25, 0.3) is 0 Å². The Hall–Kier alpha value is -2.11. The summed E-state index contributed by atoms with van der Waals surface area (Å²) < 4.78 is 13.3. The molecule has 2 amide bonds. The molecule has 3 N–H and O–H groups in total. The molecule has 19 heavy (non-hydrogen) atoms. The zero-order valence-corrected chi connectivity index (χ0v) is 10.5. The first kappa shape index (κ1) is 14.9. The predicted octanol–water partition coefficient (Wildman–Crippen LogP) is 1.53. The number of aliphatic carboxylic acids is 1. The third-order valence-electron chi connectivity index (χ3n) is 2.49. The predicted molar refractivity (Wildman–Crippen MR) is 68.4 cm³/mol. The summed E-state index contributed by atoms with van der Waals surface area (Å²) in [6, 6.07) is 6.02. The number of benzene rings is 1. The van der Waals surface area contributed by atoms with Gasteiger partial charge in [-0.15, -0.1) is 0 Å². The zero-order chi connectivity index (χ0) is 14.1. The monoisotopic (exact) mass is 268 g/mol. The van der Waals surface area contributed by atoms with E-state index in [0.29, 0.717) is 31.5 Å². The van der Waals surface area contributed by atoms with Gasteiger partial charge in [-0.25, -0.2) is 9.18 Å². The first-order valence-corrected chi connectivity index (χ1v) is 6.06. The standard InChI is InChI=1S/C13H17FN2O3/c14-11-5-2-1-4-10(11)7-9-16-13(19)15-8-3-6-12(17)18/h1-2,4-5H,3,6-9H2,(H,17,18)(H2,15,16,19). The van der Waals surface area contributed by atoms with Crippen molar-refractivity contribution in [3.8, 4) is 0 Å². The molecule has 6 heteroatoms. The van der Waals surface area contributed by atoms with Gasteiger partial charge in [0.1, 0.15) is 5.82 Å². The van der Waals surface area contributed by atoms with Crippen molar-refractivity contribution in [3.05, 3.63) is 35.6 Å². The number of carbonyl (C=O) groups is 2. The molecule has 0 aromatic heterocycles. The van der Waals surface area contributed by atoms with Crippen LogP contribution in [0.4, 0.5) is 9.18 Å². The van der Waals surface area contributed by atoms with E-state index in [1.165, 1.54) is 6.07 Å². The van der Waals surface area contributed by atoms with E-state index >= 15 is 0 Å². The van der Waals surface area contributed by atoms with E-state index in [1.807, 2.05) is 0 Å². The van der Waals surface area contributed by atoms with Gasteiger partial charge in [-0.1, -0.05) is 18.2 Å². The third kappa shape index (κ3) is 6.40. The van der Waals surface area contributed by atoms with Gasteiger partial charge in [0, 0.05) is 19.5 Å². The van der Waals surface area contributed by atoms with Gasteiger partial charge in [-0.2, -0.15) is 0 Å². The number of rotatable bonds is 7. The molecule has 0 fully saturated rings. The number of hydrogen-bond donors (Lipinski definition) is 3. The maximum atomic E-state index is 13.3. The second kappa shape index (κ2) is 8.07. The van der Waals surface area contributed by atoms with E-state index in [1.54, 1.807) is 18.2 Å². The van der Waals surface area contributed by atoms with E-state index in [2.05, 4.69) is 10.6 Å². The van der Waals surface area contributed by atoms with Crippen LogP contribution < -0.4 is 10.6 Å². The average Bonchev–Trinajstić information content (AvgIpc) is 2.37. The number of carboxylic acid groups (broad SMARTS) is 1. The SMILES string of the molecule is O=C(O)CCCNC(=O)NCCc1ccccc1F. The minimum atomic E-state index is -0.887.